The molecular formula is C11H16N2O. The average Bonchev–Trinajstić information content (AvgIpc) is 2.18. The number of hydrogen-bond donors (Lipinski definition) is 1. The highest BCUT2D eigenvalue weighted by Crippen LogP contribution is 2.11. The fraction of sp³-hybridized carbons (Fsp3) is 0.455. The molecule has 0 radical (unpaired) electrons. The van der Waals surface area contributed by atoms with Crippen LogP contribution in [0.3, 0.4) is 0 Å². The molecule has 0 fully saturated rings. The number of hydrogen-bond acceptors (Lipinski definition) is 3. The van der Waals surface area contributed by atoms with Crippen molar-refractivity contribution < 1.29 is 4.79 Å². The van der Waals surface area contributed by atoms with Gasteiger partial charge in [0.2, 0.25) is 0 Å². The lowest BCUT2D eigenvalue weighted by Crippen LogP contribution is -2.15. The average molecular weight is 192 g/mol. The maximum Gasteiger partial charge on any atom is 0.165 e. The number of nitrogens with two attached hydrogens (primary N) is 1. The van der Waals surface area contributed by atoms with E-state index in [9.17, 15) is 4.79 Å². The van der Waals surface area contributed by atoms with Crippen LogP contribution in [0, 0.1) is 12.8 Å². The van der Waals surface area contributed by atoms with Crippen molar-refractivity contribution in [2.45, 2.75) is 20.3 Å². The molecule has 76 valence electrons. The molecule has 0 aliphatic heterocycles. The molecule has 3 nitrogen and oxygen atoms in total. The quantitative estimate of drug-likeness (QED) is 0.736. The first-order chi connectivity index (χ1) is 6.65. The van der Waals surface area contributed by atoms with Gasteiger partial charge >= 0.3 is 0 Å². The predicted molar refractivity (Wildman–Crippen MR) is 56.1 cm³/mol. The Balaban J connectivity index is 2.75. The largest absolute Gasteiger partial charge is 0.330 e. The number of carbonyl (C=O) groups excluding carboxylic acids is 1. The Morgan fingerprint density at radius 3 is 2.93 bits per heavy atom. The van der Waals surface area contributed by atoms with E-state index in [1.54, 1.807) is 12.4 Å². The number of nitrogens with zero attached hydrogens (tertiary/aromatic N) is 1. The number of aryl methyl sites for hydroxylation is 1. The lowest BCUT2D eigenvalue weighted by molar-refractivity contribution is 0.0965. The van der Waals surface area contributed by atoms with Gasteiger partial charge in [-0.25, -0.2) is 0 Å². The van der Waals surface area contributed by atoms with E-state index in [2.05, 4.69) is 4.98 Å². The smallest absolute Gasteiger partial charge is 0.165 e. The molecule has 1 rings (SSSR count). The molecular weight excluding hydrogens is 176 g/mol. The highest BCUT2D eigenvalue weighted by Gasteiger charge is 2.11. The Morgan fingerprint density at radius 2 is 2.36 bits per heavy atom. The van der Waals surface area contributed by atoms with Gasteiger partial charge in [-0.3, -0.25) is 9.78 Å². The summed E-state index contributed by atoms with van der Waals surface area (Å²) in [6.07, 6.45) is 3.82. The molecule has 0 aromatic carbocycles. The van der Waals surface area contributed by atoms with Crippen molar-refractivity contribution in [3.8, 4) is 0 Å². The van der Waals surface area contributed by atoms with E-state index in [1.165, 1.54) is 0 Å². The van der Waals surface area contributed by atoms with Gasteiger partial charge in [0.25, 0.3) is 0 Å². The molecule has 1 heterocycles. The van der Waals surface area contributed by atoms with Crippen LogP contribution >= 0.6 is 0 Å². The first kappa shape index (κ1) is 10.9. The zero-order valence-electron chi connectivity index (χ0n) is 8.66. The van der Waals surface area contributed by atoms with Crippen LogP contribution in [0.4, 0.5) is 0 Å². The molecule has 1 aromatic rings. The fourth-order valence-electron chi connectivity index (χ4n) is 1.27. The van der Waals surface area contributed by atoms with Crippen LogP contribution < -0.4 is 5.73 Å². The van der Waals surface area contributed by atoms with Crippen molar-refractivity contribution in [1.29, 1.82) is 0 Å². The van der Waals surface area contributed by atoms with E-state index in [0.29, 0.717) is 18.5 Å². The van der Waals surface area contributed by atoms with Crippen LogP contribution in [-0.2, 0) is 0 Å². The summed E-state index contributed by atoms with van der Waals surface area (Å²) in [5.74, 6) is 0.371. The van der Waals surface area contributed by atoms with Gasteiger partial charge in [-0.15, -0.1) is 0 Å². The summed E-state index contributed by atoms with van der Waals surface area (Å²) in [7, 11) is 0. The molecule has 0 spiro atoms. The second-order valence-corrected chi connectivity index (χ2v) is 3.66. The Bertz CT molecular complexity index is 323. The van der Waals surface area contributed by atoms with Gasteiger partial charge in [0.1, 0.15) is 0 Å². The van der Waals surface area contributed by atoms with E-state index in [4.69, 9.17) is 5.73 Å². The Hall–Kier alpha value is -1.22. The Morgan fingerprint density at radius 1 is 1.64 bits per heavy atom. The Kier molecular flexibility index (Phi) is 3.77. The van der Waals surface area contributed by atoms with Crippen LogP contribution in [0.2, 0.25) is 0 Å². The second-order valence-electron chi connectivity index (χ2n) is 3.66. The number of rotatable bonds is 4. The zero-order chi connectivity index (χ0) is 10.6. The maximum atomic E-state index is 11.7. The van der Waals surface area contributed by atoms with Crippen molar-refractivity contribution in [3.63, 3.8) is 0 Å². The third kappa shape index (κ3) is 2.64. The van der Waals surface area contributed by atoms with Crippen molar-refractivity contribution in [2.24, 2.45) is 11.7 Å². The van der Waals surface area contributed by atoms with Crippen LogP contribution in [0.5, 0.6) is 0 Å². The van der Waals surface area contributed by atoms with E-state index < -0.39 is 0 Å². The normalized spacial score (nSPS) is 12.5. The first-order valence-corrected chi connectivity index (χ1v) is 4.79. The van der Waals surface area contributed by atoms with E-state index in [1.807, 2.05) is 19.9 Å². The summed E-state index contributed by atoms with van der Waals surface area (Å²) >= 11 is 0. The van der Waals surface area contributed by atoms with Gasteiger partial charge in [-0.1, -0.05) is 6.92 Å². The van der Waals surface area contributed by atoms with Gasteiger partial charge < -0.3 is 5.73 Å². The highest BCUT2D eigenvalue weighted by atomic mass is 16.1. The molecule has 0 saturated carbocycles. The van der Waals surface area contributed by atoms with Gasteiger partial charge in [-0.05, 0) is 31.0 Å². The van der Waals surface area contributed by atoms with Crippen LogP contribution in [0.1, 0.15) is 29.3 Å². The Labute approximate surface area is 84.3 Å². The van der Waals surface area contributed by atoms with Gasteiger partial charge in [0, 0.05) is 24.4 Å². The minimum atomic E-state index is 0.133. The summed E-state index contributed by atoms with van der Waals surface area (Å²) in [5.41, 5.74) is 7.16. The summed E-state index contributed by atoms with van der Waals surface area (Å²) < 4.78 is 0. The summed E-state index contributed by atoms with van der Waals surface area (Å²) in [4.78, 5) is 15.7. The molecule has 1 atom stereocenters. The SMILES string of the molecule is Cc1ccncc1C(=O)CC(C)CN. The predicted octanol–water partition coefficient (Wildman–Crippen LogP) is 1.56. The molecule has 0 aliphatic rings. The summed E-state index contributed by atoms with van der Waals surface area (Å²) in [6, 6.07) is 1.85. The molecule has 1 unspecified atom stereocenters. The van der Waals surface area contributed by atoms with E-state index >= 15 is 0 Å². The molecule has 0 amide bonds. The van der Waals surface area contributed by atoms with Crippen molar-refractivity contribution in [3.05, 3.63) is 29.6 Å². The van der Waals surface area contributed by atoms with Crippen LogP contribution in [0.15, 0.2) is 18.5 Å². The minimum Gasteiger partial charge on any atom is -0.330 e. The van der Waals surface area contributed by atoms with Crippen molar-refractivity contribution in [1.82, 2.24) is 4.98 Å². The van der Waals surface area contributed by atoms with Gasteiger partial charge in [0.15, 0.2) is 5.78 Å². The lowest BCUT2D eigenvalue weighted by Gasteiger charge is -2.08. The number of ketones is 1. The maximum absolute atomic E-state index is 11.7. The van der Waals surface area contributed by atoms with Crippen LogP contribution in [-0.4, -0.2) is 17.3 Å². The minimum absolute atomic E-state index is 0.133. The third-order valence-electron chi connectivity index (χ3n) is 2.28. The summed E-state index contributed by atoms with van der Waals surface area (Å²) in [5, 5.41) is 0. The number of aromatic nitrogens is 1. The van der Waals surface area contributed by atoms with Crippen molar-refractivity contribution in [2.75, 3.05) is 6.54 Å². The highest BCUT2D eigenvalue weighted by molar-refractivity contribution is 5.97. The van der Waals surface area contributed by atoms with E-state index in [0.717, 1.165) is 5.56 Å². The van der Waals surface area contributed by atoms with Crippen molar-refractivity contribution >= 4 is 5.78 Å². The van der Waals surface area contributed by atoms with Gasteiger partial charge in [0.05, 0.1) is 0 Å². The number of pyridine rings is 1. The fourth-order valence-corrected chi connectivity index (χ4v) is 1.27. The molecule has 1 aromatic heterocycles. The zero-order valence-corrected chi connectivity index (χ0v) is 8.66. The summed E-state index contributed by atoms with van der Waals surface area (Å²) in [6.45, 7) is 4.44. The number of carbonyl (C=O) groups is 1. The van der Waals surface area contributed by atoms with Crippen LogP contribution in [0.25, 0.3) is 0 Å². The number of Topliss-reactive ketones (excluding diaryl/α,β-unsaturated/α-hetero) is 1. The molecule has 0 saturated heterocycles. The van der Waals surface area contributed by atoms with E-state index in [-0.39, 0.29) is 11.7 Å². The van der Waals surface area contributed by atoms with Gasteiger partial charge in [-0.2, -0.15) is 0 Å². The second kappa shape index (κ2) is 4.86. The molecule has 2 N–H and O–H groups in total. The molecule has 0 aliphatic carbocycles. The molecule has 3 heteroatoms. The lowest BCUT2D eigenvalue weighted by atomic mass is 9.98. The topological polar surface area (TPSA) is 56.0 Å². The molecule has 0 bridgehead atoms. The third-order valence-corrected chi connectivity index (χ3v) is 2.28. The standard InChI is InChI=1S/C11H16N2O/c1-8(6-12)5-11(14)10-7-13-4-3-9(10)2/h3-4,7-8H,5-6,12H2,1-2H3. The monoisotopic (exact) mass is 192 g/mol. The molecule has 14 heavy (non-hydrogen) atoms. The first-order valence-electron chi connectivity index (χ1n) is 4.79.